The molecule has 86 valence electrons. The average molecular weight is 232 g/mol. The second-order valence-corrected chi connectivity index (χ2v) is 2.58. The van der Waals surface area contributed by atoms with Gasteiger partial charge in [0.2, 0.25) is 5.91 Å². The van der Waals surface area contributed by atoms with E-state index in [1.54, 1.807) is 0 Å². The van der Waals surface area contributed by atoms with Crippen LogP contribution >= 0.6 is 12.4 Å². The van der Waals surface area contributed by atoms with Crippen LogP contribution in [0.4, 0.5) is 0 Å². The van der Waals surface area contributed by atoms with Crippen molar-refractivity contribution in [2.24, 2.45) is 5.73 Å². The van der Waals surface area contributed by atoms with E-state index in [0.717, 1.165) is 0 Å². The molecule has 0 aromatic rings. The molecular formula is C6H14ClNO6. The Morgan fingerprint density at radius 2 is 1.57 bits per heavy atom. The number of hydrogen-bond acceptors (Lipinski definition) is 6. The van der Waals surface area contributed by atoms with Crippen molar-refractivity contribution < 1.29 is 30.3 Å². The Kier molecular flexibility index (Phi) is 7.93. The zero-order valence-electron chi connectivity index (χ0n) is 7.15. The van der Waals surface area contributed by atoms with Crippen molar-refractivity contribution in [2.75, 3.05) is 6.61 Å². The molecular weight excluding hydrogens is 218 g/mol. The molecule has 4 atom stereocenters. The Labute approximate surface area is 86.2 Å². The second-order valence-electron chi connectivity index (χ2n) is 2.58. The van der Waals surface area contributed by atoms with Crippen molar-refractivity contribution >= 4 is 18.3 Å². The van der Waals surface area contributed by atoms with Gasteiger partial charge in [0.25, 0.3) is 0 Å². The number of halogens is 1. The third-order valence-electron chi connectivity index (χ3n) is 1.55. The molecule has 14 heavy (non-hydrogen) atoms. The van der Waals surface area contributed by atoms with Gasteiger partial charge in [0.05, 0.1) is 6.61 Å². The van der Waals surface area contributed by atoms with Crippen molar-refractivity contribution in [3.05, 3.63) is 0 Å². The van der Waals surface area contributed by atoms with Crippen LogP contribution in [0, 0.1) is 0 Å². The zero-order valence-corrected chi connectivity index (χ0v) is 7.96. The summed E-state index contributed by atoms with van der Waals surface area (Å²) >= 11 is 0. The number of aliphatic hydroxyl groups excluding tert-OH is 5. The monoisotopic (exact) mass is 231 g/mol. The predicted molar refractivity (Wildman–Crippen MR) is 47.6 cm³/mol. The van der Waals surface area contributed by atoms with Gasteiger partial charge in [-0.3, -0.25) is 4.79 Å². The van der Waals surface area contributed by atoms with E-state index in [2.05, 4.69) is 5.73 Å². The van der Waals surface area contributed by atoms with Gasteiger partial charge in [-0.25, -0.2) is 0 Å². The fourth-order valence-electron chi connectivity index (χ4n) is 0.691. The topological polar surface area (TPSA) is 144 Å². The molecule has 0 aliphatic rings. The summed E-state index contributed by atoms with van der Waals surface area (Å²) in [6.07, 6.45) is -7.35. The van der Waals surface area contributed by atoms with Crippen molar-refractivity contribution in [3.63, 3.8) is 0 Å². The van der Waals surface area contributed by atoms with Gasteiger partial charge in [-0.15, -0.1) is 12.4 Å². The van der Waals surface area contributed by atoms with Crippen LogP contribution in [0.15, 0.2) is 0 Å². The van der Waals surface area contributed by atoms with Gasteiger partial charge in [-0.2, -0.15) is 0 Å². The minimum absolute atomic E-state index is 0. The van der Waals surface area contributed by atoms with Crippen LogP contribution in [-0.4, -0.2) is 62.5 Å². The number of amides is 1. The van der Waals surface area contributed by atoms with Crippen molar-refractivity contribution in [1.82, 2.24) is 0 Å². The highest BCUT2D eigenvalue weighted by molar-refractivity contribution is 5.85. The number of carbonyl (C=O) groups excluding carboxylic acids is 1. The van der Waals surface area contributed by atoms with Crippen molar-refractivity contribution in [1.29, 1.82) is 0 Å². The minimum atomic E-state index is -1.98. The van der Waals surface area contributed by atoms with Gasteiger partial charge < -0.3 is 31.3 Å². The molecule has 0 heterocycles. The first-order valence-electron chi connectivity index (χ1n) is 3.54. The normalized spacial score (nSPS) is 18.9. The first kappa shape index (κ1) is 16.0. The van der Waals surface area contributed by atoms with E-state index >= 15 is 0 Å². The average Bonchev–Trinajstić information content (AvgIpc) is 2.12. The van der Waals surface area contributed by atoms with Gasteiger partial charge in [0.1, 0.15) is 18.3 Å². The van der Waals surface area contributed by atoms with Crippen LogP contribution in [0.3, 0.4) is 0 Å². The van der Waals surface area contributed by atoms with Gasteiger partial charge in [-0.05, 0) is 0 Å². The lowest BCUT2D eigenvalue weighted by atomic mass is 10.0. The molecule has 0 aliphatic heterocycles. The summed E-state index contributed by atoms with van der Waals surface area (Å²) < 4.78 is 0. The van der Waals surface area contributed by atoms with E-state index in [1.807, 2.05) is 0 Å². The van der Waals surface area contributed by atoms with E-state index in [0.29, 0.717) is 0 Å². The quantitative estimate of drug-likeness (QED) is 0.288. The number of carbonyl (C=O) groups is 1. The second kappa shape index (κ2) is 6.93. The van der Waals surface area contributed by atoms with E-state index in [-0.39, 0.29) is 12.4 Å². The summed E-state index contributed by atoms with van der Waals surface area (Å²) in [6.45, 7) is -0.802. The fraction of sp³-hybridized carbons (Fsp3) is 0.833. The molecule has 0 rings (SSSR count). The summed E-state index contributed by atoms with van der Waals surface area (Å²) in [4.78, 5) is 10.3. The molecule has 0 spiro atoms. The Morgan fingerprint density at radius 1 is 1.14 bits per heavy atom. The molecule has 0 bridgehead atoms. The smallest absolute Gasteiger partial charge is 0.249 e. The highest BCUT2D eigenvalue weighted by Gasteiger charge is 2.32. The number of rotatable bonds is 5. The minimum Gasteiger partial charge on any atom is -0.394 e. The summed E-state index contributed by atoms with van der Waals surface area (Å²) in [6, 6.07) is 0. The standard InChI is InChI=1S/C6H13NO6.ClH/c7-6(13)5(12)4(11)3(10)2(9)1-8;/h2-5,8-12H,1H2,(H2,7,13);1H/t2-,3-,4+,5-;/m1./s1. The van der Waals surface area contributed by atoms with Gasteiger partial charge in [0.15, 0.2) is 6.10 Å². The first-order valence-corrected chi connectivity index (χ1v) is 3.54. The molecule has 7 nitrogen and oxygen atoms in total. The number of nitrogens with two attached hydrogens (primary N) is 1. The Bertz CT molecular complexity index is 180. The molecule has 0 aliphatic carbocycles. The third kappa shape index (κ3) is 4.18. The molecule has 0 unspecified atom stereocenters. The van der Waals surface area contributed by atoms with Crippen LogP contribution in [0.5, 0.6) is 0 Å². The van der Waals surface area contributed by atoms with Gasteiger partial charge in [0, 0.05) is 0 Å². The lowest BCUT2D eigenvalue weighted by Gasteiger charge is -2.23. The van der Waals surface area contributed by atoms with Crippen LogP contribution in [0.25, 0.3) is 0 Å². The van der Waals surface area contributed by atoms with E-state index in [9.17, 15) is 4.79 Å². The molecule has 8 heteroatoms. The lowest BCUT2D eigenvalue weighted by Crippen LogP contribution is -2.50. The van der Waals surface area contributed by atoms with Gasteiger partial charge in [-0.1, -0.05) is 0 Å². The van der Waals surface area contributed by atoms with E-state index < -0.39 is 36.9 Å². The van der Waals surface area contributed by atoms with Crippen LogP contribution in [-0.2, 0) is 4.79 Å². The van der Waals surface area contributed by atoms with E-state index in [4.69, 9.17) is 25.5 Å². The maximum atomic E-state index is 10.3. The van der Waals surface area contributed by atoms with Crippen LogP contribution < -0.4 is 5.73 Å². The lowest BCUT2D eigenvalue weighted by molar-refractivity contribution is -0.146. The molecule has 0 radical (unpaired) electrons. The molecule has 0 saturated heterocycles. The predicted octanol–water partition coefficient (Wildman–Crippen LogP) is -3.67. The van der Waals surface area contributed by atoms with Crippen molar-refractivity contribution in [3.8, 4) is 0 Å². The summed E-state index contributed by atoms with van der Waals surface area (Å²) in [5, 5.41) is 44.0. The Morgan fingerprint density at radius 3 is 1.86 bits per heavy atom. The third-order valence-corrected chi connectivity index (χ3v) is 1.55. The van der Waals surface area contributed by atoms with Gasteiger partial charge >= 0.3 is 0 Å². The van der Waals surface area contributed by atoms with Crippen molar-refractivity contribution in [2.45, 2.75) is 24.4 Å². The number of aliphatic hydroxyl groups is 5. The maximum Gasteiger partial charge on any atom is 0.249 e. The SMILES string of the molecule is Cl.NC(=O)[C@H](O)[C@@H](O)[C@H](O)[C@H](O)CO. The Balaban J connectivity index is 0. The fourth-order valence-corrected chi connectivity index (χ4v) is 0.691. The van der Waals surface area contributed by atoms with Crippen LogP contribution in [0.2, 0.25) is 0 Å². The molecule has 0 saturated carbocycles. The Hall–Kier alpha value is -0.440. The molecule has 0 aromatic carbocycles. The summed E-state index contributed by atoms with van der Waals surface area (Å²) in [5.74, 6) is -1.23. The largest absolute Gasteiger partial charge is 0.394 e. The number of primary amides is 1. The van der Waals surface area contributed by atoms with Crippen LogP contribution in [0.1, 0.15) is 0 Å². The summed E-state index contributed by atoms with van der Waals surface area (Å²) in [7, 11) is 0. The van der Waals surface area contributed by atoms with E-state index in [1.165, 1.54) is 0 Å². The molecule has 1 amide bonds. The highest BCUT2D eigenvalue weighted by Crippen LogP contribution is 2.04. The number of hydrogen-bond donors (Lipinski definition) is 6. The first-order chi connectivity index (χ1) is 5.91. The molecule has 7 N–H and O–H groups in total. The summed E-state index contributed by atoms with van der Waals surface area (Å²) in [5.41, 5.74) is 4.61. The zero-order chi connectivity index (χ0) is 10.6. The maximum absolute atomic E-state index is 10.3. The molecule has 0 fully saturated rings. The molecule has 0 aromatic heterocycles. The highest BCUT2D eigenvalue weighted by atomic mass is 35.5.